The van der Waals surface area contributed by atoms with E-state index < -0.39 is 31.8 Å². The van der Waals surface area contributed by atoms with Gasteiger partial charge in [0.25, 0.3) is 0 Å². The van der Waals surface area contributed by atoms with Gasteiger partial charge in [0.1, 0.15) is 6.10 Å². The van der Waals surface area contributed by atoms with E-state index >= 15 is 0 Å². The van der Waals surface area contributed by atoms with Gasteiger partial charge in [-0.3, -0.25) is 0 Å². The Morgan fingerprint density at radius 2 is 1.65 bits per heavy atom. The molecule has 2 fully saturated rings. The van der Waals surface area contributed by atoms with E-state index in [1.165, 1.54) is 26.4 Å². The Morgan fingerprint density at radius 3 is 2.27 bits per heavy atom. The quantitative estimate of drug-likeness (QED) is 0.0782. The highest BCUT2D eigenvalue weighted by atomic mass is 28.4. The molecule has 0 bridgehead atoms. The van der Waals surface area contributed by atoms with Crippen LogP contribution >= 0.6 is 0 Å². The fourth-order valence-corrected chi connectivity index (χ4v) is 7.28. The van der Waals surface area contributed by atoms with E-state index in [9.17, 15) is 14.7 Å². The van der Waals surface area contributed by atoms with Gasteiger partial charge < -0.3 is 28.5 Å². The maximum Gasteiger partial charge on any atom is 0.330 e. The summed E-state index contributed by atoms with van der Waals surface area (Å²) in [5.74, 6) is -1.25. The summed E-state index contributed by atoms with van der Waals surface area (Å²) in [7, 11) is 0.644. The van der Waals surface area contributed by atoms with Gasteiger partial charge in [0.05, 0.1) is 32.0 Å². The van der Waals surface area contributed by atoms with Crippen molar-refractivity contribution < 1.29 is 38.1 Å². The van der Waals surface area contributed by atoms with Gasteiger partial charge in [-0.15, -0.1) is 0 Å². The zero-order valence-corrected chi connectivity index (χ0v) is 33.5. The van der Waals surface area contributed by atoms with Crippen molar-refractivity contribution in [1.82, 2.24) is 0 Å². The van der Waals surface area contributed by atoms with Gasteiger partial charge in [-0.05, 0) is 69.2 Å². The fourth-order valence-electron chi connectivity index (χ4n) is 5.95. The fraction of sp³-hybridized carbons (Fsp3) is 0.700. The minimum Gasteiger partial charge on any atom is -0.466 e. The SMILES string of the molecule is CCCC[C@@]1(O)CC[C@]2(CC[C@H](C)[C@@H](C/C=C(C)/C=C/[C@H](O[Si](C)(C)C(C)(C)C)[C@@H](C)/C=C/C(=O)OC)O2)O[C@H]1/C=C/C(C)=C/C(=O)OC. The summed E-state index contributed by atoms with van der Waals surface area (Å²) in [5, 5.41) is 11.8. The second-order valence-electron chi connectivity index (χ2n) is 15.7. The smallest absolute Gasteiger partial charge is 0.330 e. The van der Waals surface area contributed by atoms with Crippen LogP contribution in [0.4, 0.5) is 0 Å². The maximum atomic E-state index is 11.8. The van der Waals surface area contributed by atoms with Crippen LogP contribution in [0.2, 0.25) is 18.1 Å². The second-order valence-corrected chi connectivity index (χ2v) is 20.5. The largest absolute Gasteiger partial charge is 0.466 e. The molecule has 8 nitrogen and oxygen atoms in total. The summed E-state index contributed by atoms with van der Waals surface area (Å²) in [5.41, 5.74) is 0.831. The van der Waals surface area contributed by atoms with Crippen LogP contribution < -0.4 is 0 Å². The Morgan fingerprint density at radius 1 is 0.980 bits per heavy atom. The molecular weight excluding hydrogens is 637 g/mol. The topological polar surface area (TPSA) is 101 Å². The van der Waals surface area contributed by atoms with Crippen molar-refractivity contribution in [2.45, 2.75) is 155 Å². The van der Waals surface area contributed by atoms with Gasteiger partial charge in [0, 0.05) is 30.9 Å². The predicted octanol–water partition coefficient (Wildman–Crippen LogP) is 8.92. The first kappa shape index (κ1) is 42.9. The van der Waals surface area contributed by atoms with Gasteiger partial charge in [-0.2, -0.15) is 0 Å². The monoisotopic (exact) mass is 702 g/mol. The molecule has 2 heterocycles. The molecule has 2 aliphatic rings. The third-order valence-corrected chi connectivity index (χ3v) is 15.0. The van der Waals surface area contributed by atoms with E-state index in [0.29, 0.717) is 25.2 Å². The van der Waals surface area contributed by atoms with E-state index in [4.69, 9.17) is 23.4 Å². The van der Waals surface area contributed by atoms with Gasteiger partial charge in [-0.1, -0.05) is 96.4 Å². The van der Waals surface area contributed by atoms with E-state index in [-0.39, 0.29) is 29.1 Å². The Bertz CT molecular complexity index is 1240. The minimum atomic E-state index is -2.09. The predicted molar refractivity (Wildman–Crippen MR) is 199 cm³/mol. The Labute approximate surface area is 298 Å². The molecule has 2 aliphatic heterocycles. The minimum absolute atomic E-state index is 0.0278. The van der Waals surface area contributed by atoms with Crippen LogP contribution in [0.5, 0.6) is 0 Å². The Balaban J connectivity index is 2.26. The number of unbranched alkanes of at least 4 members (excludes halogenated alkanes) is 1. The summed E-state index contributed by atoms with van der Waals surface area (Å²) in [4.78, 5) is 23.5. The number of carbonyl (C=O) groups is 2. The summed E-state index contributed by atoms with van der Waals surface area (Å²) < 4.78 is 29.9. The number of rotatable bonds is 15. The molecule has 0 saturated carbocycles. The zero-order valence-electron chi connectivity index (χ0n) is 32.5. The summed E-state index contributed by atoms with van der Waals surface area (Å²) >= 11 is 0. The third-order valence-electron chi connectivity index (χ3n) is 10.5. The number of methoxy groups -OCH3 is 2. The maximum absolute atomic E-state index is 11.8. The van der Waals surface area contributed by atoms with Crippen molar-refractivity contribution in [2.75, 3.05) is 14.2 Å². The number of carbonyl (C=O) groups excluding carboxylic acids is 2. The van der Waals surface area contributed by atoms with Gasteiger partial charge in [-0.25, -0.2) is 9.59 Å². The Kier molecular flexibility index (Phi) is 16.4. The lowest BCUT2D eigenvalue weighted by Gasteiger charge is -2.52. The van der Waals surface area contributed by atoms with E-state index in [2.05, 4.69) is 79.8 Å². The van der Waals surface area contributed by atoms with Crippen LogP contribution in [0, 0.1) is 11.8 Å². The molecule has 0 aromatic heterocycles. The lowest BCUT2D eigenvalue weighted by Crippen LogP contribution is -2.58. The van der Waals surface area contributed by atoms with Crippen LogP contribution in [-0.2, 0) is 33.0 Å². The summed E-state index contributed by atoms with van der Waals surface area (Å²) in [6, 6.07) is 0. The summed E-state index contributed by atoms with van der Waals surface area (Å²) in [6.07, 6.45) is 20.3. The molecule has 2 saturated heterocycles. The van der Waals surface area contributed by atoms with Crippen molar-refractivity contribution in [3.05, 3.63) is 59.8 Å². The molecule has 0 aliphatic carbocycles. The number of hydrogen-bond donors (Lipinski definition) is 1. The van der Waals surface area contributed by atoms with Crippen LogP contribution in [-0.4, -0.2) is 69.3 Å². The molecule has 0 amide bonds. The first-order valence-corrected chi connectivity index (χ1v) is 21.0. The van der Waals surface area contributed by atoms with Gasteiger partial charge >= 0.3 is 11.9 Å². The second kappa shape index (κ2) is 18.8. The molecule has 2 rings (SSSR count). The lowest BCUT2D eigenvalue weighted by molar-refractivity contribution is -0.343. The molecule has 9 heteroatoms. The molecule has 0 aromatic rings. The van der Waals surface area contributed by atoms with Crippen molar-refractivity contribution in [1.29, 1.82) is 0 Å². The van der Waals surface area contributed by atoms with E-state index in [0.717, 1.165) is 43.3 Å². The molecule has 1 spiro atoms. The standard InChI is InChI=1S/C40H66O8Si/c1-13-14-24-39(43)26-27-40(47-35(39)21-17-30(3)28-37(42)45-10)25-23-32(5)33(46-40)19-15-29(2)16-20-34(31(4)18-22-36(41)44-9)48-49(11,12)38(6,7)8/h15-18,20-22,28,31-35,43H,13-14,19,23-27H2,1-12H3/b20-16+,21-17+,22-18+,29-15+,30-28+/t31-,32-,33+,34-,35-,39+,40-/m0/s1. The highest BCUT2D eigenvalue weighted by molar-refractivity contribution is 6.74. The van der Waals surface area contributed by atoms with Crippen LogP contribution in [0.3, 0.4) is 0 Å². The first-order valence-electron chi connectivity index (χ1n) is 18.1. The lowest BCUT2D eigenvalue weighted by atomic mass is 9.78. The average Bonchev–Trinajstić information content (AvgIpc) is 3.04. The number of hydrogen-bond acceptors (Lipinski definition) is 8. The highest BCUT2D eigenvalue weighted by Crippen LogP contribution is 2.46. The van der Waals surface area contributed by atoms with E-state index in [1.807, 2.05) is 25.2 Å². The molecule has 0 radical (unpaired) electrons. The van der Waals surface area contributed by atoms with Gasteiger partial charge in [0.15, 0.2) is 14.1 Å². The molecule has 0 aromatic carbocycles. The number of allylic oxidation sites excluding steroid dienone is 4. The van der Waals surface area contributed by atoms with E-state index in [1.54, 1.807) is 0 Å². The van der Waals surface area contributed by atoms with Crippen LogP contribution in [0.1, 0.15) is 107 Å². The molecular formula is C40H66O8Si. The van der Waals surface area contributed by atoms with Crippen molar-refractivity contribution in [3.63, 3.8) is 0 Å². The van der Waals surface area contributed by atoms with Crippen molar-refractivity contribution in [3.8, 4) is 0 Å². The molecule has 0 unspecified atom stereocenters. The Hall–Kier alpha value is -2.30. The third kappa shape index (κ3) is 13.1. The number of esters is 2. The summed E-state index contributed by atoms with van der Waals surface area (Å²) in [6.45, 7) is 21.5. The molecule has 1 N–H and O–H groups in total. The average molecular weight is 703 g/mol. The first-order chi connectivity index (χ1) is 22.8. The van der Waals surface area contributed by atoms with Crippen molar-refractivity contribution in [2.24, 2.45) is 11.8 Å². The zero-order chi connectivity index (χ0) is 37.0. The van der Waals surface area contributed by atoms with Gasteiger partial charge in [0.2, 0.25) is 0 Å². The van der Waals surface area contributed by atoms with Crippen LogP contribution in [0.25, 0.3) is 0 Å². The highest BCUT2D eigenvalue weighted by Gasteiger charge is 2.51. The number of ether oxygens (including phenoxy) is 4. The number of aliphatic hydroxyl groups is 1. The van der Waals surface area contributed by atoms with Crippen LogP contribution in [0.15, 0.2) is 59.8 Å². The normalized spacial score (nSPS) is 28.8. The van der Waals surface area contributed by atoms with Crippen molar-refractivity contribution >= 4 is 20.3 Å². The molecule has 49 heavy (non-hydrogen) atoms. The molecule has 7 atom stereocenters. The molecule has 278 valence electrons.